The molecule has 33 heavy (non-hydrogen) atoms. The maximum Gasteiger partial charge on any atom is 0.227 e. The van der Waals surface area contributed by atoms with Crippen LogP contribution in [0.15, 0.2) is 65.3 Å². The Bertz CT molecular complexity index is 1190. The second-order valence-electron chi connectivity index (χ2n) is 7.35. The van der Waals surface area contributed by atoms with Gasteiger partial charge >= 0.3 is 0 Å². The van der Waals surface area contributed by atoms with Crippen molar-refractivity contribution in [2.45, 2.75) is 26.2 Å². The van der Waals surface area contributed by atoms with Crippen LogP contribution >= 0.6 is 0 Å². The molecule has 2 heterocycles. The summed E-state index contributed by atoms with van der Waals surface area (Å²) >= 11 is 0. The lowest BCUT2D eigenvalue weighted by Gasteiger charge is -2.09. The number of ether oxygens (including phenoxy) is 2. The predicted octanol–water partition coefficient (Wildman–Crippen LogP) is 4.20. The SMILES string of the molecule is CCOc1ccc(-c2noc(CCC(=O)NCCCOc3cccc4cccnc34)n2)cc1. The zero-order valence-electron chi connectivity index (χ0n) is 18.5. The molecule has 0 aliphatic carbocycles. The molecule has 0 atom stereocenters. The summed E-state index contributed by atoms with van der Waals surface area (Å²) in [6.45, 7) is 3.57. The minimum absolute atomic E-state index is 0.0670. The van der Waals surface area contributed by atoms with Crippen molar-refractivity contribution in [1.29, 1.82) is 0 Å². The smallest absolute Gasteiger partial charge is 0.227 e. The van der Waals surface area contributed by atoms with Crippen LogP contribution in [0.2, 0.25) is 0 Å². The molecule has 4 aromatic rings. The van der Waals surface area contributed by atoms with E-state index in [1.807, 2.05) is 61.5 Å². The second kappa shape index (κ2) is 11.1. The van der Waals surface area contributed by atoms with E-state index in [1.165, 1.54) is 0 Å². The summed E-state index contributed by atoms with van der Waals surface area (Å²) in [5, 5.41) is 7.93. The summed E-state index contributed by atoms with van der Waals surface area (Å²) in [5.74, 6) is 2.40. The number of carbonyl (C=O) groups is 1. The van der Waals surface area contributed by atoms with Gasteiger partial charge in [-0.3, -0.25) is 9.78 Å². The van der Waals surface area contributed by atoms with Gasteiger partial charge < -0.3 is 19.3 Å². The number of nitrogens with zero attached hydrogens (tertiary/aromatic N) is 3. The molecule has 0 saturated carbocycles. The molecule has 1 N–H and O–H groups in total. The van der Waals surface area contributed by atoms with Gasteiger partial charge in [0, 0.05) is 36.5 Å². The fourth-order valence-corrected chi connectivity index (χ4v) is 3.32. The number of nitrogens with one attached hydrogen (secondary N) is 1. The van der Waals surface area contributed by atoms with Crippen molar-refractivity contribution in [3.05, 3.63) is 66.7 Å². The van der Waals surface area contributed by atoms with Gasteiger partial charge in [-0.15, -0.1) is 0 Å². The van der Waals surface area contributed by atoms with Gasteiger partial charge in [0.15, 0.2) is 0 Å². The Morgan fingerprint density at radius 2 is 1.91 bits per heavy atom. The molecule has 4 rings (SSSR count). The lowest BCUT2D eigenvalue weighted by atomic mass is 10.2. The van der Waals surface area contributed by atoms with Gasteiger partial charge in [-0.1, -0.05) is 23.4 Å². The lowest BCUT2D eigenvalue weighted by Crippen LogP contribution is -2.25. The number of aromatic nitrogens is 3. The Kier molecular flexibility index (Phi) is 7.48. The molecule has 0 aliphatic rings. The minimum Gasteiger partial charge on any atom is -0.494 e. The second-order valence-corrected chi connectivity index (χ2v) is 7.35. The highest BCUT2D eigenvalue weighted by Gasteiger charge is 2.11. The van der Waals surface area contributed by atoms with Gasteiger partial charge in [-0.05, 0) is 49.7 Å². The van der Waals surface area contributed by atoms with E-state index in [1.54, 1.807) is 6.20 Å². The largest absolute Gasteiger partial charge is 0.494 e. The first kappa shape index (κ1) is 22.3. The van der Waals surface area contributed by atoms with Crippen molar-refractivity contribution in [3.63, 3.8) is 0 Å². The van der Waals surface area contributed by atoms with Gasteiger partial charge in [-0.2, -0.15) is 4.98 Å². The average Bonchev–Trinajstić information content (AvgIpc) is 3.32. The Balaban J connectivity index is 1.16. The summed E-state index contributed by atoms with van der Waals surface area (Å²) in [4.78, 5) is 20.9. The summed E-state index contributed by atoms with van der Waals surface area (Å²) < 4.78 is 16.6. The third kappa shape index (κ3) is 6.06. The maximum absolute atomic E-state index is 12.1. The minimum atomic E-state index is -0.0670. The van der Waals surface area contributed by atoms with Crippen LogP contribution in [0.4, 0.5) is 0 Å². The maximum atomic E-state index is 12.1. The monoisotopic (exact) mass is 446 g/mol. The Labute approximate surface area is 191 Å². The van der Waals surface area contributed by atoms with Gasteiger partial charge in [0.05, 0.1) is 13.2 Å². The number of benzene rings is 2. The predicted molar refractivity (Wildman–Crippen MR) is 124 cm³/mol. The molecular weight excluding hydrogens is 420 g/mol. The average molecular weight is 447 g/mol. The van der Waals surface area contributed by atoms with Gasteiger partial charge in [0.2, 0.25) is 17.6 Å². The van der Waals surface area contributed by atoms with E-state index in [-0.39, 0.29) is 12.3 Å². The number of amides is 1. The zero-order chi connectivity index (χ0) is 22.9. The van der Waals surface area contributed by atoms with Crippen LogP contribution in [-0.2, 0) is 11.2 Å². The molecule has 0 bridgehead atoms. The van der Waals surface area contributed by atoms with Gasteiger partial charge in [0.1, 0.15) is 17.0 Å². The molecule has 0 fully saturated rings. The highest BCUT2D eigenvalue weighted by atomic mass is 16.5. The first-order chi connectivity index (χ1) is 16.2. The quantitative estimate of drug-likeness (QED) is 0.345. The number of aryl methyl sites for hydroxylation is 1. The first-order valence-corrected chi connectivity index (χ1v) is 11.0. The highest BCUT2D eigenvalue weighted by molar-refractivity contribution is 5.84. The molecule has 0 saturated heterocycles. The van der Waals surface area contributed by atoms with Crippen LogP contribution in [0, 0.1) is 0 Å². The number of fused-ring (bicyclic) bond motifs is 1. The van der Waals surface area contributed by atoms with Crippen molar-refractivity contribution < 1.29 is 18.8 Å². The molecule has 0 aliphatic heterocycles. The summed E-state index contributed by atoms with van der Waals surface area (Å²) in [6.07, 6.45) is 3.10. The molecule has 0 radical (unpaired) electrons. The molecule has 8 heteroatoms. The summed E-state index contributed by atoms with van der Waals surface area (Å²) in [7, 11) is 0. The van der Waals surface area contributed by atoms with Crippen molar-refractivity contribution in [2.24, 2.45) is 0 Å². The van der Waals surface area contributed by atoms with E-state index in [4.69, 9.17) is 14.0 Å². The van der Waals surface area contributed by atoms with Gasteiger partial charge in [0.25, 0.3) is 0 Å². The molecule has 2 aromatic carbocycles. The molecule has 0 unspecified atom stereocenters. The fourth-order valence-electron chi connectivity index (χ4n) is 3.32. The van der Waals surface area contributed by atoms with E-state index in [9.17, 15) is 4.79 Å². The molecule has 2 aromatic heterocycles. The van der Waals surface area contributed by atoms with Crippen molar-refractivity contribution in [3.8, 4) is 22.9 Å². The zero-order valence-corrected chi connectivity index (χ0v) is 18.5. The van der Waals surface area contributed by atoms with Crippen LogP contribution < -0.4 is 14.8 Å². The number of pyridine rings is 1. The fraction of sp³-hybridized carbons (Fsp3) is 0.280. The van der Waals surface area contributed by atoms with Crippen LogP contribution in [0.1, 0.15) is 25.7 Å². The number of para-hydroxylation sites is 1. The first-order valence-electron chi connectivity index (χ1n) is 11.0. The van der Waals surface area contributed by atoms with E-state index in [0.717, 1.165) is 28.0 Å². The molecule has 0 spiro atoms. The molecule has 1 amide bonds. The summed E-state index contributed by atoms with van der Waals surface area (Å²) in [5.41, 5.74) is 1.67. The molecule has 170 valence electrons. The van der Waals surface area contributed by atoms with E-state index in [2.05, 4.69) is 20.4 Å². The lowest BCUT2D eigenvalue weighted by molar-refractivity contribution is -0.121. The normalized spacial score (nSPS) is 10.8. The van der Waals surface area contributed by atoms with Crippen LogP contribution in [0.25, 0.3) is 22.3 Å². The topological polar surface area (TPSA) is 99.4 Å². The number of hydrogen-bond donors (Lipinski definition) is 1. The van der Waals surface area contributed by atoms with Crippen LogP contribution in [0.3, 0.4) is 0 Å². The van der Waals surface area contributed by atoms with E-state index >= 15 is 0 Å². The van der Waals surface area contributed by atoms with Crippen molar-refractivity contribution in [2.75, 3.05) is 19.8 Å². The van der Waals surface area contributed by atoms with Crippen LogP contribution in [0.5, 0.6) is 11.5 Å². The van der Waals surface area contributed by atoms with Gasteiger partial charge in [-0.25, -0.2) is 0 Å². The number of carbonyl (C=O) groups excluding carboxylic acids is 1. The summed E-state index contributed by atoms with van der Waals surface area (Å²) in [6, 6.07) is 17.2. The molecule has 8 nitrogen and oxygen atoms in total. The third-order valence-corrected chi connectivity index (χ3v) is 4.95. The highest BCUT2D eigenvalue weighted by Crippen LogP contribution is 2.23. The third-order valence-electron chi connectivity index (χ3n) is 4.95. The van der Waals surface area contributed by atoms with E-state index in [0.29, 0.717) is 44.3 Å². The van der Waals surface area contributed by atoms with Crippen molar-refractivity contribution in [1.82, 2.24) is 20.4 Å². The Morgan fingerprint density at radius 3 is 2.76 bits per heavy atom. The molecular formula is C25H26N4O4. The van der Waals surface area contributed by atoms with Crippen LogP contribution in [-0.4, -0.2) is 40.8 Å². The number of rotatable bonds is 11. The Hall–Kier alpha value is -3.94. The standard InChI is InChI=1S/C25H26N4O4/c1-2-31-20-11-9-19(10-12-20)25-28-23(33-29-25)14-13-22(30)26-16-5-17-32-21-8-3-6-18-7-4-15-27-24(18)21/h3-4,6-12,15H,2,5,13-14,16-17H2,1H3,(H,26,30). The number of hydrogen-bond acceptors (Lipinski definition) is 7. The Morgan fingerprint density at radius 1 is 1.06 bits per heavy atom. The van der Waals surface area contributed by atoms with E-state index < -0.39 is 0 Å². The van der Waals surface area contributed by atoms with Crippen molar-refractivity contribution >= 4 is 16.8 Å².